The van der Waals surface area contributed by atoms with Crippen LogP contribution in [-0.2, 0) is 9.59 Å². The fraction of sp³-hybridized carbons (Fsp3) is 0. The Labute approximate surface area is 125 Å². The van der Waals surface area contributed by atoms with Gasteiger partial charge in [0.05, 0.1) is 5.69 Å². The standard InChI is InChI=1S/C18H10FNO2/c19-14-8-13-7-11-3-1-2-4-12(11)9-15(13)16(10-14)20-17(21)5-6-18(20)22/h1-10H. The molecule has 0 saturated carbocycles. The molecule has 4 heteroatoms. The Morgan fingerprint density at radius 2 is 1.41 bits per heavy atom. The fourth-order valence-corrected chi connectivity index (χ4v) is 2.82. The molecule has 0 atom stereocenters. The molecule has 0 bridgehead atoms. The Hall–Kier alpha value is -3.01. The summed E-state index contributed by atoms with van der Waals surface area (Å²) in [6, 6.07) is 14.1. The van der Waals surface area contributed by atoms with Crippen molar-refractivity contribution in [2.45, 2.75) is 0 Å². The summed E-state index contributed by atoms with van der Waals surface area (Å²) in [5.74, 6) is -1.39. The first kappa shape index (κ1) is 12.7. The molecule has 22 heavy (non-hydrogen) atoms. The van der Waals surface area contributed by atoms with E-state index in [0.29, 0.717) is 10.8 Å². The molecule has 0 radical (unpaired) electrons. The molecule has 4 rings (SSSR count). The van der Waals surface area contributed by atoms with Crippen molar-refractivity contribution >= 4 is 39.0 Å². The molecule has 106 valence electrons. The lowest BCUT2D eigenvalue weighted by atomic mass is 10.0. The molecule has 0 unspecified atom stereocenters. The largest absolute Gasteiger partial charge is 0.269 e. The molecule has 2 amide bonds. The van der Waals surface area contributed by atoms with Crippen LogP contribution in [0.25, 0.3) is 21.5 Å². The van der Waals surface area contributed by atoms with Gasteiger partial charge in [0.25, 0.3) is 11.8 Å². The summed E-state index contributed by atoms with van der Waals surface area (Å²) >= 11 is 0. The summed E-state index contributed by atoms with van der Waals surface area (Å²) < 4.78 is 13.9. The fourth-order valence-electron chi connectivity index (χ4n) is 2.82. The van der Waals surface area contributed by atoms with Crippen LogP contribution < -0.4 is 4.90 Å². The number of carbonyl (C=O) groups excluding carboxylic acids is 2. The van der Waals surface area contributed by atoms with Gasteiger partial charge in [-0.05, 0) is 40.4 Å². The van der Waals surface area contributed by atoms with Gasteiger partial charge in [-0.3, -0.25) is 9.59 Å². The third kappa shape index (κ3) is 1.81. The molecule has 0 N–H and O–H groups in total. The van der Waals surface area contributed by atoms with Gasteiger partial charge < -0.3 is 0 Å². The van der Waals surface area contributed by atoms with Crippen LogP contribution in [0.4, 0.5) is 10.1 Å². The summed E-state index contributed by atoms with van der Waals surface area (Å²) in [6.45, 7) is 0. The van der Waals surface area contributed by atoms with E-state index in [1.807, 2.05) is 36.4 Å². The molecule has 3 aromatic carbocycles. The number of fused-ring (bicyclic) bond motifs is 2. The number of halogens is 1. The van der Waals surface area contributed by atoms with Gasteiger partial charge in [-0.15, -0.1) is 0 Å². The first-order valence-electron chi connectivity index (χ1n) is 6.82. The highest BCUT2D eigenvalue weighted by Gasteiger charge is 2.27. The second-order valence-electron chi connectivity index (χ2n) is 5.19. The number of imide groups is 1. The van der Waals surface area contributed by atoms with Gasteiger partial charge in [0, 0.05) is 17.5 Å². The van der Waals surface area contributed by atoms with E-state index in [2.05, 4.69) is 0 Å². The monoisotopic (exact) mass is 291 g/mol. The smallest absolute Gasteiger partial charge is 0.258 e. The van der Waals surface area contributed by atoms with Crippen molar-refractivity contribution in [3.8, 4) is 0 Å². The zero-order valence-corrected chi connectivity index (χ0v) is 11.4. The lowest BCUT2D eigenvalue weighted by molar-refractivity contribution is -0.119. The van der Waals surface area contributed by atoms with Gasteiger partial charge >= 0.3 is 0 Å². The predicted molar refractivity (Wildman–Crippen MR) is 83.0 cm³/mol. The summed E-state index contributed by atoms with van der Waals surface area (Å²) in [5, 5.41) is 3.27. The molecule has 1 aliphatic rings. The van der Waals surface area contributed by atoms with Crippen molar-refractivity contribution in [1.82, 2.24) is 0 Å². The molecule has 1 heterocycles. The highest BCUT2D eigenvalue weighted by atomic mass is 19.1. The third-order valence-electron chi connectivity index (χ3n) is 3.81. The van der Waals surface area contributed by atoms with Gasteiger partial charge in [0.2, 0.25) is 0 Å². The van der Waals surface area contributed by atoms with Gasteiger partial charge in [-0.25, -0.2) is 9.29 Å². The Morgan fingerprint density at radius 1 is 0.773 bits per heavy atom. The molecule has 0 spiro atoms. The van der Waals surface area contributed by atoms with Crippen LogP contribution in [0, 0.1) is 5.82 Å². The summed E-state index contributed by atoms with van der Waals surface area (Å²) in [4.78, 5) is 24.8. The lowest BCUT2D eigenvalue weighted by Gasteiger charge is -2.17. The number of benzene rings is 3. The predicted octanol–water partition coefficient (Wildman–Crippen LogP) is 3.56. The van der Waals surface area contributed by atoms with Crippen molar-refractivity contribution in [3.63, 3.8) is 0 Å². The van der Waals surface area contributed by atoms with Crippen LogP contribution in [-0.4, -0.2) is 11.8 Å². The first-order valence-corrected chi connectivity index (χ1v) is 6.82. The van der Waals surface area contributed by atoms with Crippen LogP contribution in [0.15, 0.2) is 60.7 Å². The Bertz CT molecular complexity index is 973. The number of rotatable bonds is 1. The van der Waals surface area contributed by atoms with E-state index in [-0.39, 0.29) is 5.69 Å². The van der Waals surface area contributed by atoms with Gasteiger partial charge in [0.1, 0.15) is 5.82 Å². The van der Waals surface area contributed by atoms with E-state index < -0.39 is 17.6 Å². The van der Waals surface area contributed by atoms with Gasteiger partial charge in [0.15, 0.2) is 0 Å². The minimum atomic E-state index is -0.481. The van der Waals surface area contributed by atoms with Crippen LogP contribution in [0.3, 0.4) is 0 Å². The average molecular weight is 291 g/mol. The summed E-state index contributed by atoms with van der Waals surface area (Å²) in [6.07, 6.45) is 2.39. The minimum absolute atomic E-state index is 0.278. The lowest BCUT2D eigenvalue weighted by Crippen LogP contribution is -2.29. The maximum Gasteiger partial charge on any atom is 0.258 e. The van der Waals surface area contributed by atoms with E-state index >= 15 is 0 Å². The highest BCUT2D eigenvalue weighted by Crippen LogP contribution is 2.33. The normalized spacial score (nSPS) is 14.5. The Morgan fingerprint density at radius 3 is 2.09 bits per heavy atom. The molecule has 1 aliphatic heterocycles. The first-order chi connectivity index (χ1) is 10.6. The number of nitrogens with zero attached hydrogens (tertiary/aromatic N) is 1. The molecule has 0 aliphatic carbocycles. The number of hydrogen-bond acceptors (Lipinski definition) is 2. The molecule has 3 nitrogen and oxygen atoms in total. The maximum absolute atomic E-state index is 13.9. The maximum atomic E-state index is 13.9. The quantitative estimate of drug-likeness (QED) is 0.508. The number of amides is 2. The molecular weight excluding hydrogens is 281 g/mol. The Balaban J connectivity index is 2.07. The SMILES string of the molecule is O=C1C=CC(=O)N1c1cc(F)cc2cc3ccccc3cc12. The van der Waals surface area contributed by atoms with Crippen LogP contribution in [0.2, 0.25) is 0 Å². The molecule has 0 fully saturated rings. The van der Waals surface area contributed by atoms with Crippen LogP contribution in [0.5, 0.6) is 0 Å². The van der Waals surface area contributed by atoms with Crippen molar-refractivity contribution in [2.24, 2.45) is 0 Å². The molecular formula is C18H10FNO2. The van der Waals surface area contributed by atoms with Crippen molar-refractivity contribution in [1.29, 1.82) is 0 Å². The van der Waals surface area contributed by atoms with Crippen molar-refractivity contribution < 1.29 is 14.0 Å². The third-order valence-corrected chi connectivity index (χ3v) is 3.81. The van der Waals surface area contributed by atoms with Gasteiger partial charge in [-0.2, -0.15) is 0 Å². The zero-order valence-electron chi connectivity index (χ0n) is 11.4. The minimum Gasteiger partial charge on any atom is -0.269 e. The average Bonchev–Trinajstić information content (AvgIpc) is 2.83. The number of anilines is 1. The van der Waals surface area contributed by atoms with Crippen LogP contribution >= 0.6 is 0 Å². The van der Waals surface area contributed by atoms with Crippen LogP contribution in [0.1, 0.15) is 0 Å². The van der Waals surface area contributed by atoms with Gasteiger partial charge in [-0.1, -0.05) is 24.3 Å². The van der Waals surface area contributed by atoms with Crippen molar-refractivity contribution in [2.75, 3.05) is 4.90 Å². The second kappa shape index (κ2) is 4.49. The molecule has 3 aromatic rings. The van der Waals surface area contributed by atoms with E-state index in [0.717, 1.165) is 15.7 Å². The van der Waals surface area contributed by atoms with E-state index in [1.54, 1.807) is 0 Å². The van der Waals surface area contributed by atoms with E-state index in [4.69, 9.17) is 0 Å². The summed E-state index contributed by atoms with van der Waals surface area (Å²) in [7, 11) is 0. The number of carbonyl (C=O) groups is 2. The zero-order chi connectivity index (χ0) is 15.3. The van der Waals surface area contributed by atoms with E-state index in [9.17, 15) is 14.0 Å². The topological polar surface area (TPSA) is 37.4 Å². The van der Waals surface area contributed by atoms with E-state index in [1.165, 1.54) is 24.3 Å². The number of hydrogen-bond donors (Lipinski definition) is 0. The van der Waals surface area contributed by atoms with Crippen molar-refractivity contribution in [3.05, 3.63) is 66.5 Å². The second-order valence-corrected chi connectivity index (χ2v) is 5.19. The summed E-state index contributed by atoms with van der Waals surface area (Å²) in [5.41, 5.74) is 0.278. The molecule has 0 saturated heterocycles. The Kier molecular flexibility index (Phi) is 2.60. The molecule has 0 aromatic heterocycles. The highest BCUT2D eigenvalue weighted by molar-refractivity contribution is 6.30.